The molecule has 0 aliphatic heterocycles. The van der Waals surface area contributed by atoms with Gasteiger partial charge in [-0.15, -0.1) is 0 Å². The molecule has 0 amide bonds. The molecule has 0 heterocycles. The first kappa shape index (κ1) is 9.03. The number of hydrogen-bond donors (Lipinski definition) is 2. The molecule has 0 radical (unpaired) electrons. The monoisotopic (exact) mass is 186 g/mol. The lowest BCUT2D eigenvalue weighted by Gasteiger charge is -2.22. The molecule has 1 aromatic carbocycles. The summed E-state index contributed by atoms with van der Waals surface area (Å²) < 4.78 is 0. The van der Waals surface area contributed by atoms with E-state index in [1.165, 1.54) is 0 Å². The SMILES string of the molecule is NC1C=CC=CC1Nc1ccccc1. The lowest BCUT2D eigenvalue weighted by Crippen LogP contribution is -2.38. The number of allylic oxidation sites excluding steroid dienone is 2. The fourth-order valence-electron chi connectivity index (χ4n) is 1.50. The molecule has 0 saturated heterocycles. The van der Waals surface area contributed by atoms with Gasteiger partial charge in [0.15, 0.2) is 0 Å². The minimum Gasteiger partial charge on any atom is -0.377 e. The highest BCUT2D eigenvalue weighted by Gasteiger charge is 2.13. The summed E-state index contributed by atoms with van der Waals surface area (Å²) in [4.78, 5) is 0. The van der Waals surface area contributed by atoms with Gasteiger partial charge in [0.1, 0.15) is 0 Å². The molecule has 2 rings (SSSR count). The largest absolute Gasteiger partial charge is 0.377 e. The number of benzene rings is 1. The van der Waals surface area contributed by atoms with Crippen LogP contribution in [0.1, 0.15) is 0 Å². The summed E-state index contributed by atoms with van der Waals surface area (Å²) in [5.41, 5.74) is 7.03. The minimum absolute atomic E-state index is 0.0557. The first-order valence-corrected chi connectivity index (χ1v) is 4.78. The van der Waals surface area contributed by atoms with Crippen molar-refractivity contribution in [2.45, 2.75) is 12.1 Å². The predicted octanol–water partition coefficient (Wildman–Crippen LogP) is 1.92. The summed E-state index contributed by atoms with van der Waals surface area (Å²) in [6, 6.07) is 10.4. The molecule has 2 nitrogen and oxygen atoms in total. The maximum atomic E-state index is 5.93. The summed E-state index contributed by atoms with van der Waals surface area (Å²) in [6.45, 7) is 0. The molecule has 72 valence electrons. The van der Waals surface area contributed by atoms with E-state index in [0.29, 0.717) is 0 Å². The Morgan fingerprint density at radius 1 is 1.00 bits per heavy atom. The van der Waals surface area contributed by atoms with Crippen LogP contribution < -0.4 is 11.1 Å². The van der Waals surface area contributed by atoms with E-state index in [2.05, 4.69) is 11.4 Å². The summed E-state index contributed by atoms with van der Waals surface area (Å²) in [5.74, 6) is 0. The Morgan fingerprint density at radius 2 is 1.71 bits per heavy atom. The van der Waals surface area contributed by atoms with Crippen molar-refractivity contribution in [1.82, 2.24) is 0 Å². The number of para-hydroxylation sites is 1. The molecule has 3 N–H and O–H groups in total. The quantitative estimate of drug-likeness (QED) is 0.740. The fraction of sp³-hybridized carbons (Fsp3) is 0.167. The molecule has 0 saturated carbocycles. The van der Waals surface area contributed by atoms with E-state index in [-0.39, 0.29) is 12.1 Å². The van der Waals surface area contributed by atoms with Crippen LogP contribution in [0, 0.1) is 0 Å². The van der Waals surface area contributed by atoms with Crippen LogP contribution in [0.2, 0.25) is 0 Å². The average molecular weight is 186 g/mol. The van der Waals surface area contributed by atoms with Gasteiger partial charge in [-0.25, -0.2) is 0 Å². The van der Waals surface area contributed by atoms with Crippen molar-refractivity contribution in [2.75, 3.05) is 5.32 Å². The number of hydrogen-bond acceptors (Lipinski definition) is 2. The topological polar surface area (TPSA) is 38.0 Å². The molecular formula is C12H14N2. The van der Waals surface area contributed by atoms with Crippen molar-refractivity contribution >= 4 is 5.69 Å². The van der Waals surface area contributed by atoms with Crippen LogP contribution in [0.3, 0.4) is 0 Å². The number of nitrogens with two attached hydrogens (primary N) is 1. The third-order valence-corrected chi connectivity index (χ3v) is 2.28. The Balaban J connectivity index is 2.05. The number of anilines is 1. The standard InChI is InChI=1S/C12H14N2/c13-11-8-4-5-9-12(11)14-10-6-2-1-3-7-10/h1-9,11-12,14H,13H2. The number of nitrogens with one attached hydrogen (secondary N) is 1. The van der Waals surface area contributed by atoms with E-state index in [9.17, 15) is 0 Å². The molecule has 0 spiro atoms. The van der Waals surface area contributed by atoms with E-state index in [1.807, 2.05) is 48.6 Å². The van der Waals surface area contributed by atoms with E-state index >= 15 is 0 Å². The van der Waals surface area contributed by atoms with Crippen molar-refractivity contribution in [3.05, 3.63) is 54.6 Å². The van der Waals surface area contributed by atoms with Gasteiger partial charge in [-0.2, -0.15) is 0 Å². The molecule has 0 bridgehead atoms. The molecule has 0 fully saturated rings. The maximum absolute atomic E-state index is 5.93. The molecular weight excluding hydrogens is 172 g/mol. The Bertz CT molecular complexity index is 341. The fourth-order valence-corrected chi connectivity index (χ4v) is 1.50. The van der Waals surface area contributed by atoms with Crippen LogP contribution in [-0.2, 0) is 0 Å². The van der Waals surface area contributed by atoms with Crippen LogP contribution in [-0.4, -0.2) is 12.1 Å². The molecule has 14 heavy (non-hydrogen) atoms. The van der Waals surface area contributed by atoms with Crippen LogP contribution in [0.4, 0.5) is 5.69 Å². The van der Waals surface area contributed by atoms with E-state index < -0.39 is 0 Å². The van der Waals surface area contributed by atoms with Crippen LogP contribution in [0.15, 0.2) is 54.6 Å². The van der Waals surface area contributed by atoms with Gasteiger partial charge in [0.05, 0.1) is 6.04 Å². The van der Waals surface area contributed by atoms with Crippen LogP contribution >= 0.6 is 0 Å². The molecule has 2 atom stereocenters. The predicted molar refractivity (Wildman–Crippen MR) is 60.1 cm³/mol. The van der Waals surface area contributed by atoms with Crippen molar-refractivity contribution < 1.29 is 0 Å². The molecule has 0 aromatic heterocycles. The molecule has 2 unspecified atom stereocenters. The first-order chi connectivity index (χ1) is 6.86. The Hall–Kier alpha value is -1.54. The first-order valence-electron chi connectivity index (χ1n) is 4.78. The van der Waals surface area contributed by atoms with Crippen molar-refractivity contribution in [3.63, 3.8) is 0 Å². The van der Waals surface area contributed by atoms with E-state index in [0.717, 1.165) is 5.69 Å². The third-order valence-electron chi connectivity index (χ3n) is 2.28. The zero-order valence-corrected chi connectivity index (χ0v) is 7.93. The van der Waals surface area contributed by atoms with Gasteiger partial charge >= 0.3 is 0 Å². The third kappa shape index (κ3) is 2.03. The van der Waals surface area contributed by atoms with Gasteiger partial charge < -0.3 is 11.1 Å². The normalized spacial score (nSPS) is 24.9. The lowest BCUT2D eigenvalue weighted by molar-refractivity contribution is 0.738. The smallest absolute Gasteiger partial charge is 0.0634 e. The summed E-state index contributed by atoms with van der Waals surface area (Å²) in [6.07, 6.45) is 8.08. The number of rotatable bonds is 2. The zero-order valence-electron chi connectivity index (χ0n) is 7.93. The maximum Gasteiger partial charge on any atom is 0.0634 e. The van der Waals surface area contributed by atoms with Crippen molar-refractivity contribution in [3.8, 4) is 0 Å². The van der Waals surface area contributed by atoms with Crippen molar-refractivity contribution in [1.29, 1.82) is 0 Å². The molecule has 2 heteroatoms. The summed E-state index contributed by atoms with van der Waals surface area (Å²) >= 11 is 0. The summed E-state index contributed by atoms with van der Waals surface area (Å²) in [7, 11) is 0. The van der Waals surface area contributed by atoms with Gasteiger partial charge in [0.2, 0.25) is 0 Å². The van der Waals surface area contributed by atoms with Crippen molar-refractivity contribution in [2.24, 2.45) is 5.73 Å². The van der Waals surface area contributed by atoms with Gasteiger partial charge in [0.25, 0.3) is 0 Å². The van der Waals surface area contributed by atoms with Gasteiger partial charge in [0, 0.05) is 11.7 Å². The van der Waals surface area contributed by atoms with Crippen LogP contribution in [0.25, 0.3) is 0 Å². The second-order valence-corrected chi connectivity index (χ2v) is 3.38. The molecule has 1 aliphatic carbocycles. The average Bonchev–Trinajstić information content (AvgIpc) is 2.23. The summed E-state index contributed by atoms with van der Waals surface area (Å²) in [5, 5.41) is 3.37. The minimum atomic E-state index is 0.0557. The van der Waals surface area contributed by atoms with Gasteiger partial charge in [-0.05, 0) is 12.1 Å². The Morgan fingerprint density at radius 3 is 2.43 bits per heavy atom. The van der Waals surface area contributed by atoms with E-state index in [4.69, 9.17) is 5.73 Å². The highest BCUT2D eigenvalue weighted by Crippen LogP contribution is 2.11. The second kappa shape index (κ2) is 4.11. The second-order valence-electron chi connectivity index (χ2n) is 3.38. The lowest BCUT2D eigenvalue weighted by atomic mass is 10.0. The molecule has 1 aromatic rings. The Labute approximate surface area is 84.1 Å². The highest BCUT2D eigenvalue weighted by molar-refractivity contribution is 5.46. The van der Waals surface area contributed by atoms with Gasteiger partial charge in [-0.3, -0.25) is 0 Å². The highest BCUT2D eigenvalue weighted by atomic mass is 14.9. The Kier molecular flexibility index (Phi) is 2.65. The van der Waals surface area contributed by atoms with Crippen LogP contribution in [0.5, 0.6) is 0 Å². The van der Waals surface area contributed by atoms with E-state index in [1.54, 1.807) is 0 Å². The van der Waals surface area contributed by atoms with Gasteiger partial charge in [-0.1, -0.05) is 42.5 Å². The molecule has 1 aliphatic rings. The zero-order chi connectivity index (χ0) is 9.80.